The molecular formula is C25H28N2O3. The third-order valence-electron chi connectivity index (χ3n) is 7.35. The highest BCUT2D eigenvalue weighted by Gasteiger charge is 2.57. The normalized spacial score (nSPS) is 26.7. The SMILES string of the molecule is CC1(C)C[C@@]2(C)C[C@H]1N(C(=O)CCCN1C(=O)c3cccc4cccc(c34)C1=O)C2. The van der Waals surface area contributed by atoms with E-state index >= 15 is 0 Å². The number of carbonyl (C=O) groups excluding carboxylic acids is 3. The molecule has 3 amide bonds. The lowest BCUT2D eigenvalue weighted by Crippen LogP contribution is -2.47. The summed E-state index contributed by atoms with van der Waals surface area (Å²) in [5.74, 6) is -0.368. The third-order valence-corrected chi connectivity index (χ3v) is 7.35. The zero-order valence-corrected chi connectivity index (χ0v) is 17.9. The van der Waals surface area contributed by atoms with E-state index < -0.39 is 0 Å². The Bertz CT molecular complexity index is 1040. The van der Waals surface area contributed by atoms with Crippen molar-refractivity contribution in [3.8, 4) is 0 Å². The minimum Gasteiger partial charge on any atom is -0.339 e. The molecule has 1 saturated heterocycles. The van der Waals surface area contributed by atoms with Gasteiger partial charge in [0, 0.05) is 42.1 Å². The molecule has 1 saturated carbocycles. The van der Waals surface area contributed by atoms with Crippen molar-refractivity contribution in [2.45, 2.75) is 52.5 Å². The van der Waals surface area contributed by atoms with Crippen LogP contribution in [0.15, 0.2) is 36.4 Å². The van der Waals surface area contributed by atoms with Gasteiger partial charge in [0.2, 0.25) is 5.91 Å². The van der Waals surface area contributed by atoms with Crippen LogP contribution in [-0.4, -0.2) is 46.7 Å². The number of benzene rings is 2. The number of carbonyl (C=O) groups is 3. The molecule has 0 spiro atoms. The molecule has 2 heterocycles. The second kappa shape index (κ2) is 6.40. The monoisotopic (exact) mass is 404 g/mol. The molecule has 2 bridgehead atoms. The van der Waals surface area contributed by atoms with Crippen LogP contribution in [0, 0.1) is 10.8 Å². The van der Waals surface area contributed by atoms with Crippen LogP contribution in [0.4, 0.5) is 0 Å². The van der Waals surface area contributed by atoms with Crippen LogP contribution < -0.4 is 0 Å². The maximum Gasteiger partial charge on any atom is 0.261 e. The number of imide groups is 1. The van der Waals surface area contributed by atoms with Gasteiger partial charge in [0.05, 0.1) is 0 Å². The van der Waals surface area contributed by atoms with Gasteiger partial charge in [-0.05, 0) is 47.6 Å². The number of rotatable bonds is 4. The van der Waals surface area contributed by atoms with E-state index in [4.69, 9.17) is 0 Å². The Balaban J connectivity index is 1.28. The van der Waals surface area contributed by atoms with Gasteiger partial charge in [0.25, 0.3) is 11.8 Å². The van der Waals surface area contributed by atoms with Crippen LogP contribution in [0.1, 0.15) is 67.2 Å². The van der Waals surface area contributed by atoms with Gasteiger partial charge in [0.1, 0.15) is 0 Å². The minimum absolute atomic E-state index is 0.149. The number of hydrogen-bond acceptors (Lipinski definition) is 3. The molecule has 1 aliphatic carbocycles. The molecule has 30 heavy (non-hydrogen) atoms. The summed E-state index contributed by atoms with van der Waals surface area (Å²) < 4.78 is 0. The number of hydrogen-bond donors (Lipinski definition) is 0. The zero-order valence-electron chi connectivity index (χ0n) is 17.9. The van der Waals surface area contributed by atoms with Gasteiger partial charge in [-0.2, -0.15) is 0 Å². The van der Waals surface area contributed by atoms with E-state index in [0.717, 1.165) is 30.2 Å². The van der Waals surface area contributed by atoms with Crippen LogP contribution in [0.2, 0.25) is 0 Å². The van der Waals surface area contributed by atoms with E-state index in [1.165, 1.54) is 4.90 Å². The number of likely N-dealkylation sites (tertiary alicyclic amines) is 1. The van der Waals surface area contributed by atoms with E-state index in [-0.39, 0.29) is 35.1 Å². The second-order valence-electron chi connectivity index (χ2n) is 10.3. The van der Waals surface area contributed by atoms with Crippen molar-refractivity contribution in [2.75, 3.05) is 13.1 Å². The molecule has 156 valence electrons. The first kappa shape index (κ1) is 19.3. The largest absolute Gasteiger partial charge is 0.339 e. The highest BCUT2D eigenvalue weighted by Crippen LogP contribution is 2.56. The fourth-order valence-corrected chi connectivity index (χ4v) is 6.28. The Labute approximate surface area is 177 Å². The van der Waals surface area contributed by atoms with Crippen LogP contribution in [0.25, 0.3) is 10.8 Å². The topological polar surface area (TPSA) is 57.7 Å². The van der Waals surface area contributed by atoms with Crippen molar-refractivity contribution in [3.63, 3.8) is 0 Å². The average molecular weight is 405 g/mol. The van der Waals surface area contributed by atoms with Gasteiger partial charge in [-0.15, -0.1) is 0 Å². The average Bonchev–Trinajstić information content (AvgIpc) is 3.17. The predicted molar refractivity (Wildman–Crippen MR) is 115 cm³/mol. The summed E-state index contributed by atoms with van der Waals surface area (Å²) >= 11 is 0. The van der Waals surface area contributed by atoms with Gasteiger partial charge in [-0.1, -0.05) is 45.0 Å². The second-order valence-corrected chi connectivity index (χ2v) is 10.3. The lowest BCUT2D eigenvalue weighted by molar-refractivity contribution is -0.136. The summed E-state index contributed by atoms with van der Waals surface area (Å²) in [6.07, 6.45) is 3.10. The van der Waals surface area contributed by atoms with Gasteiger partial charge in [-0.3, -0.25) is 19.3 Å². The van der Waals surface area contributed by atoms with E-state index in [9.17, 15) is 14.4 Å². The van der Waals surface area contributed by atoms with Crippen molar-refractivity contribution in [2.24, 2.45) is 10.8 Å². The van der Waals surface area contributed by atoms with Crippen molar-refractivity contribution in [1.82, 2.24) is 9.80 Å². The van der Waals surface area contributed by atoms with Crippen molar-refractivity contribution in [1.29, 1.82) is 0 Å². The van der Waals surface area contributed by atoms with Crippen LogP contribution in [-0.2, 0) is 4.79 Å². The fourth-order valence-electron chi connectivity index (χ4n) is 6.28. The van der Waals surface area contributed by atoms with E-state index in [1.807, 2.05) is 24.3 Å². The smallest absolute Gasteiger partial charge is 0.261 e. The summed E-state index contributed by atoms with van der Waals surface area (Å²) in [5.41, 5.74) is 1.52. The lowest BCUT2D eigenvalue weighted by Gasteiger charge is -2.41. The molecular weight excluding hydrogens is 376 g/mol. The highest BCUT2D eigenvalue weighted by molar-refractivity contribution is 6.25. The van der Waals surface area contributed by atoms with E-state index in [0.29, 0.717) is 30.0 Å². The highest BCUT2D eigenvalue weighted by atomic mass is 16.2. The summed E-state index contributed by atoms with van der Waals surface area (Å²) in [6.45, 7) is 7.90. The van der Waals surface area contributed by atoms with Gasteiger partial charge in [0.15, 0.2) is 0 Å². The van der Waals surface area contributed by atoms with Crippen molar-refractivity contribution >= 4 is 28.5 Å². The van der Waals surface area contributed by atoms with Crippen LogP contribution >= 0.6 is 0 Å². The molecule has 5 heteroatoms. The molecule has 2 atom stereocenters. The number of amides is 3. The van der Waals surface area contributed by atoms with Crippen LogP contribution in [0.5, 0.6) is 0 Å². The van der Waals surface area contributed by atoms with Crippen molar-refractivity contribution in [3.05, 3.63) is 47.5 Å². The third kappa shape index (κ3) is 2.78. The lowest BCUT2D eigenvalue weighted by atomic mass is 9.79. The molecule has 5 rings (SSSR count). The Hall–Kier alpha value is -2.69. The summed E-state index contributed by atoms with van der Waals surface area (Å²) in [5, 5.41) is 1.65. The van der Waals surface area contributed by atoms with Gasteiger partial charge in [-0.25, -0.2) is 0 Å². The number of fused-ring (bicyclic) bond motifs is 2. The maximum absolute atomic E-state index is 13.0. The molecule has 0 radical (unpaired) electrons. The summed E-state index contributed by atoms with van der Waals surface area (Å²) in [7, 11) is 0. The first-order valence-corrected chi connectivity index (χ1v) is 10.9. The van der Waals surface area contributed by atoms with Crippen molar-refractivity contribution < 1.29 is 14.4 Å². The molecule has 0 N–H and O–H groups in total. The van der Waals surface area contributed by atoms with E-state index in [1.54, 1.807) is 12.1 Å². The molecule has 2 aromatic rings. The molecule has 2 aromatic carbocycles. The predicted octanol–water partition coefficient (Wildman–Crippen LogP) is 4.25. The van der Waals surface area contributed by atoms with Gasteiger partial charge < -0.3 is 4.90 Å². The molecule has 3 aliphatic rings. The van der Waals surface area contributed by atoms with E-state index in [2.05, 4.69) is 25.7 Å². The first-order valence-electron chi connectivity index (χ1n) is 10.9. The summed E-state index contributed by atoms with van der Waals surface area (Å²) in [6, 6.07) is 11.4. The molecule has 0 unspecified atom stereocenters. The number of piperidine rings is 1. The fraction of sp³-hybridized carbons (Fsp3) is 0.480. The first-order chi connectivity index (χ1) is 14.2. The Morgan fingerprint density at radius 1 is 1.03 bits per heavy atom. The standard InChI is InChI=1S/C25H28N2O3/c1-24(2)14-25(3)13-19(24)27(15-25)20(28)11-6-12-26-22(29)17-9-4-7-16-8-5-10-18(21(16)17)23(26)30/h4-5,7-10,19H,6,11-15H2,1-3H3/t19-,25-/m1/s1. The molecule has 2 aliphatic heterocycles. The quantitative estimate of drug-likeness (QED) is 0.716. The number of nitrogens with zero attached hydrogens (tertiary/aromatic N) is 2. The molecule has 0 aromatic heterocycles. The van der Waals surface area contributed by atoms with Crippen LogP contribution in [0.3, 0.4) is 0 Å². The minimum atomic E-state index is -0.259. The molecule has 2 fully saturated rings. The Morgan fingerprint density at radius 3 is 2.23 bits per heavy atom. The Morgan fingerprint density at radius 2 is 1.67 bits per heavy atom. The maximum atomic E-state index is 13.0. The Kier molecular flexibility index (Phi) is 4.12. The zero-order chi connectivity index (χ0) is 21.3. The van der Waals surface area contributed by atoms with Gasteiger partial charge >= 0.3 is 0 Å². The molecule has 5 nitrogen and oxygen atoms in total. The summed E-state index contributed by atoms with van der Waals surface area (Å²) in [4.78, 5) is 42.3.